The van der Waals surface area contributed by atoms with E-state index in [2.05, 4.69) is 4.98 Å². The van der Waals surface area contributed by atoms with Gasteiger partial charge in [-0.3, -0.25) is 14.4 Å². The number of methoxy groups -OCH3 is 1. The molecule has 0 unspecified atom stereocenters. The first-order valence-corrected chi connectivity index (χ1v) is 11.4. The van der Waals surface area contributed by atoms with E-state index in [0.29, 0.717) is 35.5 Å². The van der Waals surface area contributed by atoms with E-state index in [1.54, 1.807) is 28.8 Å². The number of carbonyl (C=O) groups is 2. The van der Waals surface area contributed by atoms with Crippen LogP contribution < -0.4 is 10.3 Å². The molecule has 0 radical (unpaired) electrons. The van der Waals surface area contributed by atoms with E-state index in [0.717, 1.165) is 11.1 Å². The fraction of sp³-hybridized carbons (Fsp3) is 0.214. The van der Waals surface area contributed by atoms with Crippen LogP contribution in [0.25, 0.3) is 11.0 Å². The second-order valence-electron chi connectivity index (χ2n) is 8.06. The molecule has 4 rings (SSSR count). The van der Waals surface area contributed by atoms with Gasteiger partial charge in [-0.25, -0.2) is 4.98 Å². The molecular formula is C28H26N2O5. The van der Waals surface area contributed by atoms with Crippen molar-refractivity contribution in [2.24, 2.45) is 0 Å². The van der Waals surface area contributed by atoms with Crippen molar-refractivity contribution in [3.63, 3.8) is 0 Å². The minimum atomic E-state index is -0.563. The van der Waals surface area contributed by atoms with Gasteiger partial charge in [0.1, 0.15) is 11.4 Å². The number of rotatable bonds is 10. The molecule has 0 aliphatic heterocycles. The molecule has 4 aromatic rings. The third-order valence-electron chi connectivity index (χ3n) is 5.71. The van der Waals surface area contributed by atoms with E-state index in [1.165, 1.54) is 7.11 Å². The highest BCUT2D eigenvalue weighted by Crippen LogP contribution is 2.14. The summed E-state index contributed by atoms with van der Waals surface area (Å²) in [5.74, 6) is -0.344. The summed E-state index contributed by atoms with van der Waals surface area (Å²) in [6, 6.07) is 24.1. The third-order valence-corrected chi connectivity index (χ3v) is 5.71. The molecule has 0 atom stereocenters. The number of hydrogen-bond donors (Lipinski definition) is 0. The van der Waals surface area contributed by atoms with Crippen molar-refractivity contribution >= 4 is 22.8 Å². The molecule has 0 N–H and O–H groups in total. The Balaban J connectivity index is 1.43. The fourth-order valence-electron chi connectivity index (χ4n) is 3.83. The van der Waals surface area contributed by atoms with Gasteiger partial charge in [0.2, 0.25) is 0 Å². The molecular weight excluding hydrogens is 444 g/mol. The molecule has 0 saturated heterocycles. The summed E-state index contributed by atoms with van der Waals surface area (Å²) in [4.78, 5) is 42.4. The number of ketones is 1. The van der Waals surface area contributed by atoms with Gasteiger partial charge in [0.25, 0.3) is 5.56 Å². The van der Waals surface area contributed by atoms with Crippen LogP contribution in [0.3, 0.4) is 0 Å². The first-order valence-electron chi connectivity index (χ1n) is 11.4. The number of esters is 1. The summed E-state index contributed by atoms with van der Waals surface area (Å²) < 4.78 is 12.0. The predicted molar refractivity (Wildman–Crippen MR) is 133 cm³/mol. The van der Waals surface area contributed by atoms with Crippen LogP contribution in [-0.2, 0) is 28.9 Å². The molecule has 0 aliphatic carbocycles. The number of nitrogens with zero attached hydrogens (tertiary/aromatic N) is 2. The number of carbonyl (C=O) groups excluding carboxylic acids is 2. The molecule has 0 aliphatic rings. The Kier molecular flexibility index (Phi) is 7.67. The lowest BCUT2D eigenvalue weighted by Crippen LogP contribution is -2.27. The van der Waals surface area contributed by atoms with Crippen molar-refractivity contribution in [1.82, 2.24) is 9.55 Å². The van der Waals surface area contributed by atoms with Crippen LogP contribution in [0, 0.1) is 0 Å². The van der Waals surface area contributed by atoms with E-state index in [-0.39, 0.29) is 30.8 Å². The zero-order valence-electron chi connectivity index (χ0n) is 19.5. The number of hydrogen-bond acceptors (Lipinski definition) is 6. The first kappa shape index (κ1) is 23.9. The second kappa shape index (κ2) is 11.2. The monoisotopic (exact) mass is 470 g/mol. The second-order valence-corrected chi connectivity index (χ2v) is 8.06. The van der Waals surface area contributed by atoms with Crippen LogP contribution >= 0.6 is 0 Å². The molecule has 1 aromatic heterocycles. The topological polar surface area (TPSA) is 87.5 Å². The molecule has 0 amide bonds. The van der Waals surface area contributed by atoms with E-state index in [9.17, 15) is 14.4 Å². The number of aromatic nitrogens is 2. The molecule has 0 bridgehead atoms. The lowest BCUT2D eigenvalue weighted by atomic mass is 10.1. The molecule has 7 heteroatoms. The zero-order valence-corrected chi connectivity index (χ0v) is 19.5. The summed E-state index contributed by atoms with van der Waals surface area (Å²) in [5, 5.41) is 0. The Morgan fingerprint density at radius 2 is 1.69 bits per heavy atom. The quantitative estimate of drug-likeness (QED) is 0.257. The Hall–Kier alpha value is -4.26. The fourth-order valence-corrected chi connectivity index (χ4v) is 3.83. The van der Waals surface area contributed by atoms with Crippen LogP contribution in [0.2, 0.25) is 0 Å². The van der Waals surface area contributed by atoms with Gasteiger partial charge in [0.05, 0.1) is 24.6 Å². The molecule has 1 heterocycles. The zero-order chi connectivity index (χ0) is 24.6. The number of ether oxygens (including phenoxy) is 2. The summed E-state index contributed by atoms with van der Waals surface area (Å²) in [7, 11) is 1.51. The maximum absolute atomic E-state index is 13.2. The lowest BCUT2D eigenvalue weighted by molar-refractivity contribution is -0.142. The molecule has 0 fully saturated rings. The predicted octanol–water partition coefficient (Wildman–Crippen LogP) is 4.01. The highest BCUT2D eigenvalue weighted by Gasteiger charge is 2.15. The summed E-state index contributed by atoms with van der Waals surface area (Å²) >= 11 is 0. The van der Waals surface area contributed by atoms with Crippen LogP contribution in [0.4, 0.5) is 0 Å². The van der Waals surface area contributed by atoms with Gasteiger partial charge in [0, 0.05) is 18.5 Å². The third kappa shape index (κ3) is 6.00. The molecule has 3 aromatic carbocycles. The number of Topliss-reactive ketones (excluding diaryl/α,β-unsaturated/α-hetero) is 1. The van der Waals surface area contributed by atoms with Crippen molar-refractivity contribution in [3.05, 3.63) is 106 Å². The Morgan fingerprint density at radius 1 is 0.914 bits per heavy atom. The van der Waals surface area contributed by atoms with Gasteiger partial charge >= 0.3 is 5.97 Å². The van der Waals surface area contributed by atoms with E-state index < -0.39 is 5.97 Å². The molecule has 178 valence electrons. The van der Waals surface area contributed by atoms with Crippen LogP contribution in [0.5, 0.6) is 5.75 Å². The van der Waals surface area contributed by atoms with Crippen molar-refractivity contribution in [1.29, 1.82) is 0 Å². The van der Waals surface area contributed by atoms with Crippen molar-refractivity contribution in [3.8, 4) is 5.75 Å². The van der Waals surface area contributed by atoms with Crippen LogP contribution in [0.1, 0.15) is 28.0 Å². The minimum absolute atomic E-state index is 0.0509. The molecule has 0 saturated carbocycles. The summed E-state index contributed by atoms with van der Waals surface area (Å²) in [5.41, 5.74) is 3.05. The molecule has 0 spiro atoms. The van der Waals surface area contributed by atoms with Gasteiger partial charge in [-0.05, 0) is 36.2 Å². The normalized spacial score (nSPS) is 10.8. The number of para-hydroxylation sites is 2. The van der Waals surface area contributed by atoms with Crippen molar-refractivity contribution in [2.45, 2.75) is 25.8 Å². The van der Waals surface area contributed by atoms with Gasteiger partial charge in [0.15, 0.2) is 12.4 Å². The van der Waals surface area contributed by atoms with Gasteiger partial charge < -0.3 is 14.0 Å². The Morgan fingerprint density at radius 3 is 2.49 bits per heavy atom. The van der Waals surface area contributed by atoms with Crippen molar-refractivity contribution < 1.29 is 19.1 Å². The van der Waals surface area contributed by atoms with Gasteiger partial charge in [-0.2, -0.15) is 0 Å². The smallest absolute Gasteiger partial charge is 0.306 e. The summed E-state index contributed by atoms with van der Waals surface area (Å²) in [6.07, 6.45) is 0.772. The average molecular weight is 471 g/mol. The van der Waals surface area contributed by atoms with Gasteiger partial charge in [-0.15, -0.1) is 0 Å². The number of benzene rings is 3. The van der Waals surface area contributed by atoms with E-state index in [1.807, 2.05) is 54.6 Å². The highest BCUT2D eigenvalue weighted by atomic mass is 16.5. The first-order chi connectivity index (χ1) is 17.0. The number of aryl methyl sites for hydroxylation is 3. The van der Waals surface area contributed by atoms with Crippen LogP contribution in [0.15, 0.2) is 83.7 Å². The maximum Gasteiger partial charge on any atom is 0.306 e. The average Bonchev–Trinajstić information content (AvgIpc) is 2.90. The van der Waals surface area contributed by atoms with E-state index in [4.69, 9.17) is 9.47 Å². The minimum Gasteiger partial charge on any atom is -0.497 e. The SMILES string of the molecule is COc1cccc(C(=O)COC(=O)CCc2nc3ccccc3n(CCc3ccccc3)c2=O)c1. The standard InChI is InChI=1S/C28H26N2O5/c1-34-22-11-7-10-21(18-22)26(31)19-35-27(32)15-14-24-28(33)30(17-16-20-8-3-2-4-9-20)25-13-6-5-12-23(25)29-24/h2-13,18H,14-17,19H2,1H3. The highest BCUT2D eigenvalue weighted by molar-refractivity contribution is 5.98. The maximum atomic E-state index is 13.2. The molecule has 35 heavy (non-hydrogen) atoms. The largest absolute Gasteiger partial charge is 0.497 e. The van der Waals surface area contributed by atoms with Crippen LogP contribution in [-0.4, -0.2) is 35.0 Å². The number of fused-ring (bicyclic) bond motifs is 1. The van der Waals surface area contributed by atoms with Gasteiger partial charge in [-0.1, -0.05) is 54.6 Å². The summed E-state index contributed by atoms with van der Waals surface area (Å²) in [6.45, 7) is 0.122. The van der Waals surface area contributed by atoms with Crippen molar-refractivity contribution in [2.75, 3.05) is 13.7 Å². The molecule has 7 nitrogen and oxygen atoms in total. The Bertz CT molecular complexity index is 1400. The Labute approximate surface area is 203 Å². The lowest BCUT2D eigenvalue weighted by Gasteiger charge is -2.12. The van der Waals surface area contributed by atoms with E-state index >= 15 is 0 Å².